The van der Waals surface area contributed by atoms with Gasteiger partial charge in [-0.15, -0.1) is 0 Å². The minimum absolute atomic E-state index is 0.0845. The number of aromatic nitrogens is 1. The Balaban J connectivity index is 1.61. The number of carbonyl (C=O) groups excluding carboxylic acids is 1. The van der Waals surface area contributed by atoms with Gasteiger partial charge in [-0.3, -0.25) is 4.79 Å². The molecule has 2 aromatic rings. The van der Waals surface area contributed by atoms with Crippen LogP contribution in [0, 0.1) is 0 Å². The predicted octanol–water partition coefficient (Wildman–Crippen LogP) is 3.96. The van der Waals surface area contributed by atoms with Crippen molar-refractivity contribution in [3.05, 3.63) is 53.7 Å². The Morgan fingerprint density at radius 2 is 1.77 bits per heavy atom. The Kier molecular flexibility index (Phi) is 6.10. The number of benzene rings is 1. The molecule has 1 saturated heterocycles. The molecule has 1 amide bonds. The molecule has 1 unspecified atom stereocenters. The average molecular weight is 353 g/mol. The van der Waals surface area contributed by atoms with Gasteiger partial charge in [0.2, 0.25) is 0 Å². The molecule has 5 heteroatoms. The predicted molar refractivity (Wildman–Crippen MR) is 104 cm³/mol. The van der Waals surface area contributed by atoms with Crippen molar-refractivity contribution in [2.24, 2.45) is 0 Å². The third-order valence-corrected chi connectivity index (χ3v) is 4.90. The van der Waals surface area contributed by atoms with Crippen LogP contribution in [0.2, 0.25) is 0 Å². The van der Waals surface area contributed by atoms with E-state index in [1.54, 1.807) is 13.3 Å². The number of nitrogens with zero attached hydrogens (tertiary/aromatic N) is 2. The summed E-state index contributed by atoms with van der Waals surface area (Å²) in [5.41, 5.74) is 1.62. The van der Waals surface area contributed by atoms with Gasteiger partial charge in [0, 0.05) is 19.3 Å². The molecule has 0 aliphatic carbocycles. The highest BCUT2D eigenvalue weighted by Crippen LogP contribution is 2.19. The van der Waals surface area contributed by atoms with Crippen molar-refractivity contribution < 1.29 is 9.53 Å². The first kappa shape index (κ1) is 18.2. The lowest BCUT2D eigenvalue weighted by Gasteiger charge is -2.21. The number of rotatable bonds is 5. The molecule has 26 heavy (non-hydrogen) atoms. The lowest BCUT2D eigenvalue weighted by Crippen LogP contribution is -2.27. The molecule has 138 valence electrons. The van der Waals surface area contributed by atoms with Crippen molar-refractivity contribution >= 4 is 11.7 Å². The third-order valence-electron chi connectivity index (χ3n) is 4.90. The van der Waals surface area contributed by atoms with Gasteiger partial charge in [0.05, 0.1) is 18.7 Å². The SMILES string of the molecule is COc1ccc(C(C)NC(=O)c2ccc(N3CCCCCC3)nc2)cc1. The van der Waals surface area contributed by atoms with Crippen LogP contribution in [0.15, 0.2) is 42.6 Å². The highest BCUT2D eigenvalue weighted by Gasteiger charge is 2.14. The van der Waals surface area contributed by atoms with Crippen LogP contribution in [0.4, 0.5) is 5.82 Å². The van der Waals surface area contributed by atoms with E-state index in [1.807, 2.05) is 43.3 Å². The Labute approximate surface area is 155 Å². The van der Waals surface area contributed by atoms with E-state index in [0.717, 1.165) is 30.2 Å². The molecule has 1 fully saturated rings. The fraction of sp³-hybridized carbons (Fsp3) is 0.429. The summed E-state index contributed by atoms with van der Waals surface area (Å²) < 4.78 is 5.17. The number of hydrogen-bond donors (Lipinski definition) is 1. The van der Waals surface area contributed by atoms with Gasteiger partial charge in [0.1, 0.15) is 11.6 Å². The van der Waals surface area contributed by atoms with Crippen LogP contribution in [0.5, 0.6) is 5.75 Å². The molecule has 1 atom stereocenters. The van der Waals surface area contributed by atoms with Crippen LogP contribution in [0.3, 0.4) is 0 Å². The maximum atomic E-state index is 12.5. The number of ether oxygens (including phenoxy) is 1. The van der Waals surface area contributed by atoms with Gasteiger partial charge in [-0.25, -0.2) is 4.98 Å². The van der Waals surface area contributed by atoms with E-state index in [-0.39, 0.29) is 11.9 Å². The zero-order valence-electron chi connectivity index (χ0n) is 15.6. The topological polar surface area (TPSA) is 54.5 Å². The average Bonchev–Trinajstić information content (AvgIpc) is 2.97. The summed E-state index contributed by atoms with van der Waals surface area (Å²) >= 11 is 0. The molecule has 1 N–H and O–H groups in total. The first-order valence-corrected chi connectivity index (χ1v) is 9.33. The Bertz CT molecular complexity index is 705. The van der Waals surface area contributed by atoms with Crippen molar-refractivity contribution in [2.75, 3.05) is 25.1 Å². The number of amides is 1. The first-order valence-electron chi connectivity index (χ1n) is 9.33. The largest absolute Gasteiger partial charge is 0.497 e. The summed E-state index contributed by atoms with van der Waals surface area (Å²) in [6.45, 7) is 4.07. The molecule has 0 bridgehead atoms. The molecular weight excluding hydrogens is 326 g/mol. The van der Waals surface area contributed by atoms with Crippen molar-refractivity contribution in [1.29, 1.82) is 0 Å². The van der Waals surface area contributed by atoms with Crippen LogP contribution in [-0.2, 0) is 0 Å². The van der Waals surface area contributed by atoms with Crippen LogP contribution in [0.1, 0.15) is 54.6 Å². The number of pyridine rings is 1. The van der Waals surface area contributed by atoms with Crippen LogP contribution >= 0.6 is 0 Å². The minimum Gasteiger partial charge on any atom is -0.497 e. The fourth-order valence-electron chi connectivity index (χ4n) is 3.26. The van der Waals surface area contributed by atoms with Crippen LogP contribution in [0.25, 0.3) is 0 Å². The Hall–Kier alpha value is -2.56. The zero-order valence-corrected chi connectivity index (χ0v) is 15.6. The van der Waals surface area contributed by atoms with Gasteiger partial charge < -0.3 is 15.0 Å². The number of hydrogen-bond acceptors (Lipinski definition) is 4. The maximum absolute atomic E-state index is 12.5. The van der Waals surface area contributed by atoms with Crippen LogP contribution in [-0.4, -0.2) is 31.1 Å². The zero-order chi connectivity index (χ0) is 18.4. The Morgan fingerprint density at radius 3 is 2.35 bits per heavy atom. The number of methoxy groups -OCH3 is 1. The highest BCUT2D eigenvalue weighted by molar-refractivity contribution is 5.94. The monoisotopic (exact) mass is 353 g/mol. The van der Waals surface area contributed by atoms with E-state index in [2.05, 4.69) is 15.2 Å². The van der Waals surface area contributed by atoms with Gasteiger partial charge in [-0.1, -0.05) is 25.0 Å². The van der Waals surface area contributed by atoms with Gasteiger partial charge in [0.15, 0.2) is 0 Å². The van der Waals surface area contributed by atoms with E-state index >= 15 is 0 Å². The van der Waals surface area contributed by atoms with Crippen LogP contribution < -0.4 is 15.0 Å². The number of nitrogens with one attached hydrogen (secondary N) is 1. The molecule has 2 heterocycles. The van der Waals surface area contributed by atoms with E-state index in [9.17, 15) is 4.79 Å². The molecule has 1 aliphatic heterocycles. The summed E-state index contributed by atoms with van der Waals surface area (Å²) in [4.78, 5) is 19.3. The van der Waals surface area contributed by atoms with Gasteiger partial charge in [0.25, 0.3) is 5.91 Å². The molecule has 3 rings (SSSR count). The summed E-state index contributed by atoms with van der Waals surface area (Å²) in [6, 6.07) is 11.5. The first-order chi connectivity index (χ1) is 12.7. The molecule has 0 saturated carbocycles. The second-order valence-electron chi connectivity index (χ2n) is 6.77. The standard InChI is InChI=1S/C21H27N3O2/c1-16(17-7-10-19(26-2)11-8-17)23-21(25)18-9-12-20(22-15-18)24-13-5-3-4-6-14-24/h7-12,15-16H,3-6,13-14H2,1-2H3,(H,23,25). The van der Waals surface area contributed by atoms with E-state index in [4.69, 9.17) is 4.74 Å². The summed E-state index contributed by atoms with van der Waals surface area (Å²) in [7, 11) is 1.64. The summed E-state index contributed by atoms with van der Waals surface area (Å²) in [5.74, 6) is 1.66. The second-order valence-corrected chi connectivity index (χ2v) is 6.77. The van der Waals surface area contributed by atoms with Gasteiger partial charge >= 0.3 is 0 Å². The molecule has 0 radical (unpaired) electrons. The second kappa shape index (κ2) is 8.70. The summed E-state index contributed by atoms with van der Waals surface area (Å²) in [5, 5.41) is 3.03. The molecule has 1 aromatic carbocycles. The van der Waals surface area contributed by atoms with E-state index in [1.165, 1.54) is 25.7 Å². The number of carbonyl (C=O) groups is 1. The van der Waals surface area contributed by atoms with Crippen molar-refractivity contribution in [2.45, 2.75) is 38.6 Å². The highest BCUT2D eigenvalue weighted by atomic mass is 16.5. The fourth-order valence-corrected chi connectivity index (χ4v) is 3.26. The Morgan fingerprint density at radius 1 is 1.08 bits per heavy atom. The van der Waals surface area contributed by atoms with E-state index < -0.39 is 0 Å². The molecule has 5 nitrogen and oxygen atoms in total. The quantitative estimate of drug-likeness (QED) is 0.884. The maximum Gasteiger partial charge on any atom is 0.253 e. The van der Waals surface area contributed by atoms with Gasteiger partial charge in [-0.2, -0.15) is 0 Å². The number of anilines is 1. The normalized spacial score (nSPS) is 15.8. The smallest absolute Gasteiger partial charge is 0.253 e. The molecule has 1 aliphatic rings. The lowest BCUT2D eigenvalue weighted by molar-refractivity contribution is 0.0939. The van der Waals surface area contributed by atoms with Crippen molar-refractivity contribution in [1.82, 2.24) is 10.3 Å². The summed E-state index contributed by atoms with van der Waals surface area (Å²) in [6.07, 6.45) is 6.68. The van der Waals surface area contributed by atoms with Crippen molar-refractivity contribution in [3.8, 4) is 5.75 Å². The van der Waals surface area contributed by atoms with Gasteiger partial charge in [-0.05, 0) is 49.6 Å². The third kappa shape index (κ3) is 4.54. The molecule has 0 spiro atoms. The minimum atomic E-state index is -0.108. The van der Waals surface area contributed by atoms with Crippen molar-refractivity contribution in [3.63, 3.8) is 0 Å². The van der Waals surface area contributed by atoms with E-state index in [0.29, 0.717) is 5.56 Å². The molecular formula is C21H27N3O2. The lowest BCUT2D eigenvalue weighted by atomic mass is 10.1. The molecule has 1 aromatic heterocycles.